The minimum atomic E-state index is -2.68. The third kappa shape index (κ3) is 3.93. The van der Waals surface area contributed by atoms with Crippen molar-refractivity contribution in [2.45, 2.75) is 31.4 Å². The highest BCUT2D eigenvalue weighted by Crippen LogP contribution is 2.35. The Kier molecular flexibility index (Phi) is 5.24. The average Bonchev–Trinajstić information content (AvgIpc) is 2.86. The van der Waals surface area contributed by atoms with E-state index in [-0.39, 0.29) is 31.0 Å². The monoisotopic (exact) mass is 354 g/mol. The van der Waals surface area contributed by atoms with E-state index >= 15 is 0 Å². The van der Waals surface area contributed by atoms with Gasteiger partial charge < -0.3 is 14.4 Å². The Morgan fingerprint density at radius 2 is 1.96 bits per heavy atom. The van der Waals surface area contributed by atoms with Crippen LogP contribution < -0.4 is 4.74 Å². The highest BCUT2D eigenvalue weighted by molar-refractivity contribution is 5.94. The van der Waals surface area contributed by atoms with Crippen LogP contribution in [0.1, 0.15) is 23.7 Å². The van der Waals surface area contributed by atoms with E-state index < -0.39 is 5.92 Å². The summed E-state index contributed by atoms with van der Waals surface area (Å²) in [6.45, 7) is 3.39. The predicted octanol–water partition coefficient (Wildman–Crippen LogP) is 2.27. The lowest BCUT2D eigenvalue weighted by Crippen LogP contribution is -2.62. The number of hydrogen-bond donors (Lipinski definition) is 0. The standard InChI is InChI=1S/C18H24F2N2O3/c1-3-25-11-14-8-18(19,20)12-22(14)15-9-21(10-15)17(23)13-4-6-16(24-2)7-5-13/h4-7,14-15H,3,8-12H2,1-2H3/t14-/m0/s1. The van der Waals surface area contributed by atoms with Gasteiger partial charge >= 0.3 is 0 Å². The molecule has 2 saturated heterocycles. The summed E-state index contributed by atoms with van der Waals surface area (Å²) in [6, 6.07) is 6.61. The first-order valence-electron chi connectivity index (χ1n) is 8.58. The van der Waals surface area contributed by atoms with E-state index in [2.05, 4.69) is 0 Å². The molecule has 0 spiro atoms. The van der Waals surface area contributed by atoms with Crippen LogP contribution in [0, 0.1) is 0 Å². The zero-order chi connectivity index (χ0) is 18.0. The SMILES string of the molecule is CCOC[C@@H]1CC(F)(F)CN1C1CN(C(=O)c2ccc(OC)cc2)C1. The molecule has 0 bridgehead atoms. The van der Waals surface area contributed by atoms with Crippen molar-refractivity contribution in [2.75, 3.05) is 40.0 Å². The molecule has 1 amide bonds. The van der Waals surface area contributed by atoms with Crippen LogP contribution in [0.4, 0.5) is 8.78 Å². The fourth-order valence-electron chi connectivity index (χ4n) is 3.51. The highest BCUT2D eigenvalue weighted by Gasteiger charge is 2.50. The van der Waals surface area contributed by atoms with Crippen molar-refractivity contribution in [3.05, 3.63) is 29.8 Å². The minimum Gasteiger partial charge on any atom is -0.497 e. The summed E-state index contributed by atoms with van der Waals surface area (Å²) in [5, 5.41) is 0. The van der Waals surface area contributed by atoms with Gasteiger partial charge in [-0.2, -0.15) is 0 Å². The molecule has 0 unspecified atom stereocenters. The number of hydrogen-bond acceptors (Lipinski definition) is 4. The second-order valence-electron chi connectivity index (χ2n) is 6.64. The molecule has 7 heteroatoms. The first kappa shape index (κ1) is 18.1. The number of ether oxygens (including phenoxy) is 2. The molecule has 1 aromatic carbocycles. The first-order valence-corrected chi connectivity index (χ1v) is 8.58. The molecule has 5 nitrogen and oxygen atoms in total. The van der Waals surface area contributed by atoms with Crippen molar-refractivity contribution < 1.29 is 23.0 Å². The lowest BCUT2D eigenvalue weighted by Gasteiger charge is -2.45. The van der Waals surface area contributed by atoms with Crippen molar-refractivity contribution >= 4 is 5.91 Å². The molecule has 0 radical (unpaired) electrons. The van der Waals surface area contributed by atoms with Gasteiger partial charge in [-0.15, -0.1) is 0 Å². The Morgan fingerprint density at radius 1 is 1.28 bits per heavy atom. The van der Waals surface area contributed by atoms with Crippen molar-refractivity contribution in [1.29, 1.82) is 0 Å². The highest BCUT2D eigenvalue weighted by atomic mass is 19.3. The molecule has 1 aromatic rings. The molecule has 0 aromatic heterocycles. The fourth-order valence-corrected chi connectivity index (χ4v) is 3.51. The molecule has 0 saturated carbocycles. The normalized spacial score (nSPS) is 23.5. The number of nitrogens with zero attached hydrogens (tertiary/aromatic N) is 2. The maximum Gasteiger partial charge on any atom is 0.262 e. The maximum absolute atomic E-state index is 13.8. The second kappa shape index (κ2) is 7.25. The van der Waals surface area contributed by atoms with Gasteiger partial charge in [-0.3, -0.25) is 9.69 Å². The topological polar surface area (TPSA) is 42.0 Å². The van der Waals surface area contributed by atoms with Crippen molar-refractivity contribution in [3.8, 4) is 5.75 Å². The fraction of sp³-hybridized carbons (Fsp3) is 0.611. The molecule has 2 aliphatic heterocycles. The Morgan fingerprint density at radius 3 is 2.56 bits per heavy atom. The number of likely N-dealkylation sites (tertiary alicyclic amines) is 2. The van der Waals surface area contributed by atoms with Gasteiger partial charge in [0.1, 0.15) is 5.75 Å². The van der Waals surface area contributed by atoms with Gasteiger partial charge in [0.2, 0.25) is 0 Å². The van der Waals surface area contributed by atoms with E-state index in [1.165, 1.54) is 0 Å². The number of methoxy groups -OCH3 is 1. The quantitative estimate of drug-likeness (QED) is 0.786. The van der Waals surface area contributed by atoms with Crippen LogP contribution in [0.25, 0.3) is 0 Å². The van der Waals surface area contributed by atoms with E-state index in [0.29, 0.717) is 37.6 Å². The third-order valence-corrected chi connectivity index (χ3v) is 4.89. The largest absolute Gasteiger partial charge is 0.497 e. The number of amides is 1. The van der Waals surface area contributed by atoms with Crippen molar-refractivity contribution in [2.24, 2.45) is 0 Å². The van der Waals surface area contributed by atoms with E-state index in [4.69, 9.17) is 9.47 Å². The molecule has 2 fully saturated rings. The lowest BCUT2D eigenvalue weighted by molar-refractivity contribution is -0.0148. The maximum atomic E-state index is 13.8. The molecular weight excluding hydrogens is 330 g/mol. The minimum absolute atomic E-state index is 0.0268. The van der Waals surface area contributed by atoms with Crippen LogP contribution in [-0.2, 0) is 4.74 Å². The predicted molar refractivity (Wildman–Crippen MR) is 89.2 cm³/mol. The van der Waals surface area contributed by atoms with Gasteiger partial charge in [0.25, 0.3) is 11.8 Å². The van der Waals surface area contributed by atoms with Gasteiger partial charge in [-0.1, -0.05) is 0 Å². The van der Waals surface area contributed by atoms with E-state index in [1.807, 2.05) is 11.8 Å². The molecule has 138 valence electrons. The third-order valence-electron chi connectivity index (χ3n) is 4.89. The Bertz CT molecular complexity index is 603. The van der Waals surface area contributed by atoms with Gasteiger partial charge in [-0.05, 0) is 31.2 Å². The molecular formula is C18H24F2N2O3. The Balaban J connectivity index is 1.57. The summed E-state index contributed by atoms with van der Waals surface area (Å²) in [5.74, 6) is -2.07. The van der Waals surface area contributed by atoms with E-state index in [9.17, 15) is 13.6 Å². The lowest BCUT2D eigenvalue weighted by atomic mass is 10.0. The smallest absolute Gasteiger partial charge is 0.262 e. The molecule has 2 heterocycles. The summed E-state index contributed by atoms with van der Waals surface area (Å²) in [6.07, 6.45) is -0.171. The molecule has 3 rings (SSSR count). The van der Waals surface area contributed by atoms with Gasteiger partial charge in [0.05, 0.1) is 20.3 Å². The molecule has 0 N–H and O–H groups in total. The van der Waals surface area contributed by atoms with Crippen LogP contribution >= 0.6 is 0 Å². The second-order valence-corrected chi connectivity index (χ2v) is 6.64. The molecule has 25 heavy (non-hydrogen) atoms. The summed E-state index contributed by atoms with van der Waals surface area (Å²) in [5.41, 5.74) is 0.580. The van der Waals surface area contributed by atoms with Crippen LogP contribution in [0.2, 0.25) is 0 Å². The number of carbonyl (C=O) groups excluding carboxylic acids is 1. The summed E-state index contributed by atoms with van der Waals surface area (Å²) >= 11 is 0. The Hall–Kier alpha value is -1.73. The first-order chi connectivity index (χ1) is 11.9. The van der Waals surface area contributed by atoms with Crippen LogP contribution in [0.5, 0.6) is 5.75 Å². The van der Waals surface area contributed by atoms with Crippen molar-refractivity contribution in [1.82, 2.24) is 9.80 Å². The van der Waals surface area contributed by atoms with Gasteiger partial charge in [0.15, 0.2) is 0 Å². The van der Waals surface area contributed by atoms with Crippen molar-refractivity contribution in [3.63, 3.8) is 0 Å². The zero-order valence-corrected chi connectivity index (χ0v) is 14.6. The number of rotatable bonds is 6. The Labute approximate surface area is 146 Å². The number of carbonyl (C=O) groups is 1. The molecule has 2 aliphatic rings. The number of alkyl halides is 2. The van der Waals surface area contributed by atoms with E-state index in [1.54, 1.807) is 36.3 Å². The summed E-state index contributed by atoms with van der Waals surface area (Å²) in [7, 11) is 1.57. The summed E-state index contributed by atoms with van der Waals surface area (Å²) in [4.78, 5) is 16.0. The van der Waals surface area contributed by atoms with Crippen LogP contribution in [0.15, 0.2) is 24.3 Å². The molecule has 0 aliphatic carbocycles. The number of halogens is 2. The van der Waals surface area contributed by atoms with Crippen LogP contribution in [-0.4, -0.2) is 73.7 Å². The van der Waals surface area contributed by atoms with E-state index in [0.717, 1.165) is 0 Å². The van der Waals surface area contributed by atoms with Gasteiger partial charge in [-0.25, -0.2) is 8.78 Å². The summed E-state index contributed by atoms with van der Waals surface area (Å²) < 4.78 is 38.0. The zero-order valence-electron chi connectivity index (χ0n) is 14.6. The molecule has 1 atom stereocenters. The van der Waals surface area contributed by atoms with Gasteiger partial charge in [0, 0.05) is 43.8 Å². The van der Waals surface area contributed by atoms with Crippen LogP contribution in [0.3, 0.4) is 0 Å². The number of benzene rings is 1. The average molecular weight is 354 g/mol.